The van der Waals surface area contributed by atoms with Gasteiger partial charge in [-0.25, -0.2) is 0 Å². The molecule has 0 aliphatic carbocycles. The van der Waals surface area contributed by atoms with Crippen molar-refractivity contribution in [2.45, 2.75) is 18.6 Å². The van der Waals surface area contributed by atoms with Crippen LogP contribution in [0.25, 0.3) is 0 Å². The van der Waals surface area contributed by atoms with E-state index >= 15 is 0 Å². The van der Waals surface area contributed by atoms with E-state index in [0.29, 0.717) is 5.25 Å². The van der Waals surface area contributed by atoms with Crippen LogP contribution in [0.15, 0.2) is 4.99 Å². The van der Waals surface area contributed by atoms with Crippen LogP contribution < -0.4 is 5.73 Å². The Morgan fingerprint density at radius 2 is 2.62 bits per heavy atom. The zero-order valence-electron chi connectivity index (χ0n) is 4.92. The first kappa shape index (κ1) is 5.95. The van der Waals surface area contributed by atoms with Gasteiger partial charge in [-0.1, -0.05) is 18.7 Å². The van der Waals surface area contributed by atoms with E-state index < -0.39 is 0 Å². The van der Waals surface area contributed by atoms with Crippen LogP contribution in [0.4, 0.5) is 0 Å². The van der Waals surface area contributed by atoms with Gasteiger partial charge in [0, 0.05) is 11.8 Å². The van der Waals surface area contributed by atoms with Gasteiger partial charge in [-0.15, -0.1) is 0 Å². The third-order valence-corrected chi connectivity index (χ3v) is 2.13. The first-order valence-electron chi connectivity index (χ1n) is 2.75. The predicted octanol–water partition coefficient (Wildman–Crippen LogP) is 0.827. The van der Waals surface area contributed by atoms with Gasteiger partial charge in [-0.3, -0.25) is 4.99 Å². The Morgan fingerprint density at radius 3 is 3.00 bits per heavy atom. The average Bonchev–Trinajstić information content (AvgIpc) is 1.64. The number of amidine groups is 1. The number of hydrogen-bond acceptors (Lipinski definition) is 3. The summed E-state index contributed by atoms with van der Waals surface area (Å²) in [7, 11) is 0. The molecule has 0 aromatic heterocycles. The average molecular weight is 130 g/mol. The minimum absolute atomic E-state index is 0.674. The highest BCUT2D eigenvalue weighted by Gasteiger charge is 2.08. The zero-order chi connectivity index (χ0) is 5.98. The summed E-state index contributed by atoms with van der Waals surface area (Å²) < 4.78 is 0. The van der Waals surface area contributed by atoms with E-state index in [1.54, 1.807) is 11.8 Å². The number of thioether (sulfide) groups is 1. The Kier molecular flexibility index (Phi) is 1.78. The van der Waals surface area contributed by atoms with Crippen LogP contribution in [0.3, 0.4) is 0 Å². The molecule has 0 bridgehead atoms. The van der Waals surface area contributed by atoms with Crippen molar-refractivity contribution in [3.63, 3.8) is 0 Å². The minimum Gasteiger partial charge on any atom is -0.379 e. The quantitative estimate of drug-likeness (QED) is 0.527. The fourth-order valence-electron chi connectivity index (χ4n) is 0.659. The lowest BCUT2D eigenvalue weighted by Crippen LogP contribution is -2.17. The number of nitrogens with two attached hydrogens (primary N) is 1. The van der Waals surface area contributed by atoms with Crippen molar-refractivity contribution < 1.29 is 0 Å². The molecule has 0 saturated carbocycles. The first-order chi connectivity index (χ1) is 3.79. The third-order valence-electron chi connectivity index (χ3n) is 1.13. The number of nitrogens with zero attached hydrogens (tertiary/aromatic N) is 1. The monoisotopic (exact) mass is 130 g/mol. The summed E-state index contributed by atoms with van der Waals surface area (Å²) >= 11 is 1.67. The lowest BCUT2D eigenvalue weighted by molar-refractivity contribution is 0.818. The van der Waals surface area contributed by atoms with E-state index in [4.69, 9.17) is 5.73 Å². The minimum atomic E-state index is 0.674. The maximum absolute atomic E-state index is 5.44. The van der Waals surface area contributed by atoms with Gasteiger partial charge >= 0.3 is 0 Å². The normalized spacial score (nSPS) is 29.6. The summed E-state index contributed by atoms with van der Waals surface area (Å²) in [6.07, 6.45) is 1.17. The standard InChI is InChI=1S/C5H10N2S/c1-4-2-3-7-5(6)8-4/h4H,2-3H2,1H3,(H2,6,7)/t4-/m0/s1. The van der Waals surface area contributed by atoms with Crippen molar-refractivity contribution >= 4 is 16.9 Å². The largest absolute Gasteiger partial charge is 0.379 e. The Labute approximate surface area is 53.6 Å². The van der Waals surface area contributed by atoms with Gasteiger partial charge in [0.05, 0.1) is 0 Å². The molecule has 1 aliphatic heterocycles. The van der Waals surface area contributed by atoms with Gasteiger partial charge in [0.2, 0.25) is 0 Å². The molecule has 0 fully saturated rings. The highest BCUT2D eigenvalue weighted by molar-refractivity contribution is 8.14. The van der Waals surface area contributed by atoms with E-state index in [0.717, 1.165) is 11.7 Å². The highest BCUT2D eigenvalue weighted by Crippen LogP contribution is 2.17. The van der Waals surface area contributed by atoms with E-state index in [-0.39, 0.29) is 0 Å². The molecule has 0 spiro atoms. The lowest BCUT2D eigenvalue weighted by Gasteiger charge is -2.13. The van der Waals surface area contributed by atoms with Crippen molar-refractivity contribution in [1.29, 1.82) is 0 Å². The molecule has 0 aromatic rings. The molecule has 0 unspecified atom stereocenters. The van der Waals surface area contributed by atoms with Crippen LogP contribution in [-0.4, -0.2) is 17.0 Å². The van der Waals surface area contributed by atoms with E-state index in [1.165, 1.54) is 6.42 Å². The van der Waals surface area contributed by atoms with Crippen LogP contribution in [0.2, 0.25) is 0 Å². The van der Waals surface area contributed by atoms with Gasteiger partial charge in [0.15, 0.2) is 5.17 Å². The van der Waals surface area contributed by atoms with E-state index in [9.17, 15) is 0 Å². The molecule has 0 amide bonds. The van der Waals surface area contributed by atoms with Gasteiger partial charge in [-0.05, 0) is 6.42 Å². The van der Waals surface area contributed by atoms with E-state index in [1.807, 2.05) is 0 Å². The molecular formula is C5H10N2S. The molecule has 0 radical (unpaired) electrons. The summed E-state index contributed by atoms with van der Waals surface area (Å²) in [4.78, 5) is 4.04. The number of rotatable bonds is 0. The van der Waals surface area contributed by atoms with Crippen LogP contribution in [0.1, 0.15) is 13.3 Å². The summed E-state index contributed by atoms with van der Waals surface area (Å²) in [6.45, 7) is 3.09. The van der Waals surface area contributed by atoms with Crippen molar-refractivity contribution in [1.82, 2.24) is 0 Å². The smallest absolute Gasteiger partial charge is 0.154 e. The fourth-order valence-corrected chi connectivity index (χ4v) is 1.46. The molecule has 1 rings (SSSR count). The Morgan fingerprint density at radius 1 is 1.88 bits per heavy atom. The number of hydrogen-bond donors (Lipinski definition) is 1. The van der Waals surface area contributed by atoms with Crippen molar-refractivity contribution in [3.8, 4) is 0 Å². The van der Waals surface area contributed by atoms with Crippen molar-refractivity contribution in [2.24, 2.45) is 10.7 Å². The predicted molar refractivity (Wildman–Crippen MR) is 38.2 cm³/mol. The molecule has 0 saturated heterocycles. The summed E-state index contributed by atoms with van der Waals surface area (Å²) in [6, 6.07) is 0. The van der Waals surface area contributed by atoms with Gasteiger partial charge in [0.1, 0.15) is 0 Å². The Hall–Kier alpha value is -0.180. The fraction of sp³-hybridized carbons (Fsp3) is 0.800. The second-order valence-corrected chi connectivity index (χ2v) is 3.40. The van der Waals surface area contributed by atoms with Crippen LogP contribution in [0.5, 0.6) is 0 Å². The molecule has 1 atom stereocenters. The van der Waals surface area contributed by atoms with Crippen LogP contribution >= 0.6 is 11.8 Å². The first-order valence-corrected chi connectivity index (χ1v) is 3.63. The van der Waals surface area contributed by atoms with Crippen LogP contribution in [0, 0.1) is 0 Å². The molecule has 46 valence electrons. The molecule has 8 heavy (non-hydrogen) atoms. The van der Waals surface area contributed by atoms with Gasteiger partial charge in [0.25, 0.3) is 0 Å². The summed E-state index contributed by atoms with van der Waals surface area (Å²) in [5, 5.41) is 1.43. The van der Waals surface area contributed by atoms with Gasteiger partial charge < -0.3 is 5.73 Å². The Balaban J connectivity index is 2.45. The van der Waals surface area contributed by atoms with Gasteiger partial charge in [-0.2, -0.15) is 0 Å². The molecule has 2 N–H and O–H groups in total. The maximum Gasteiger partial charge on any atom is 0.154 e. The highest BCUT2D eigenvalue weighted by atomic mass is 32.2. The second-order valence-electron chi connectivity index (χ2n) is 1.94. The topological polar surface area (TPSA) is 38.4 Å². The second kappa shape index (κ2) is 2.40. The molecular weight excluding hydrogens is 120 g/mol. The number of aliphatic imine (C=N–C) groups is 1. The zero-order valence-corrected chi connectivity index (χ0v) is 5.74. The lowest BCUT2D eigenvalue weighted by atomic mass is 10.3. The maximum atomic E-state index is 5.44. The molecule has 2 nitrogen and oxygen atoms in total. The van der Waals surface area contributed by atoms with E-state index in [2.05, 4.69) is 11.9 Å². The molecule has 0 aromatic carbocycles. The molecule has 1 heterocycles. The van der Waals surface area contributed by atoms with Crippen molar-refractivity contribution in [3.05, 3.63) is 0 Å². The third kappa shape index (κ3) is 1.40. The summed E-state index contributed by atoms with van der Waals surface area (Å²) in [5.41, 5.74) is 5.44. The van der Waals surface area contributed by atoms with Crippen molar-refractivity contribution in [2.75, 3.05) is 6.54 Å². The van der Waals surface area contributed by atoms with Crippen LogP contribution in [-0.2, 0) is 0 Å². The molecule has 3 heteroatoms. The SMILES string of the molecule is C[C@H]1CCN=C(N)S1. The summed E-state index contributed by atoms with van der Waals surface area (Å²) in [5.74, 6) is 0. The Bertz CT molecular complexity index is 111. The molecule has 1 aliphatic rings.